The van der Waals surface area contributed by atoms with Gasteiger partial charge in [-0.15, -0.1) is 0 Å². The Morgan fingerprint density at radius 3 is 2.38 bits per heavy atom. The summed E-state index contributed by atoms with van der Waals surface area (Å²) in [6.45, 7) is 7.58. The van der Waals surface area contributed by atoms with Crippen LogP contribution in [0.2, 0.25) is 0 Å². The van der Waals surface area contributed by atoms with Gasteiger partial charge in [-0.3, -0.25) is 0 Å². The third-order valence-electron chi connectivity index (χ3n) is 4.62. The van der Waals surface area contributed by atoms with E-state index >= 15 is 0 Å². The normalized spacial score (nSPS) is 17.7. The summed E-state index contributed by atoms with van der Waals surface area (Å²) < 4.78 is 0. The maximum absolute atomic E-state index is 9.72. The van der Waals surface area contributed by atoms with Gasteiger partial charge in [0.2, 0.25) is 0 Å². The van der Waals surface area contributed by atoms with Crippen LogP contribution < -0.4 is 0 Å². The Morgan fingerprint density at radius 2 is 1.75 bits per heavy atom. The molecule has 0 saturated heterocycles. The van der Waals surface area contributed by atoms with Gasteiger partial charge in [0, 0.05) is 23.9 Å². The van der Waals surface area contributed by atoms with E-state index in [1.165, 1.54) is 5.56 Å². The topological polar surface area (TPSA) is 35.8 Å². The minimum Gasteiger partial charge on any atom is -0.410 e. The van der Waals surface area contributed by atoms with Crippen molar-refractivity contribution in [1.29, 1.82) is 0 Å². The van der Waals surface area contributed by atoms with Gasteiger partial charge in [-0.1, -0.05) is 73.6 Å². The first-order chi connectivity index (χ1) is 11.7. The Morgan fingerprint density at radius 1 is 1.08 bits per heavy atom. The summed E-state index contributed by atoms with van der Waals surface area (Å²) in [5, 5.41) is 13.4. The van der Waals surface area contributed by atoms with E-state index in [4.69, 9.17) is 0 Å². The summed E-state index contributed by atoms with van der Waals surface area (Å²) in [4.78, 5) is 2.34. The Bertz CT molecular complexity index is 762. The summed E-state index contributed by atoms with van der Waals surface area (Å²) in [6, 6.07) is 18.6. The van der Waals surface area contributed by atoms with Crippen LogP contribution in [-0.4, -0.2) is 22.4 Å². The number of hydrogen-bond acceptors (Lipinski definition) is 3. The second-order valence-corrected chi connectivity index (χ2v) is 6.46. The minimum absolute atomic E-state index is 0.339. The predicted octanol–water partition coefficient (Wildman–Crippen LogP) is 4.94. The zero-order valence-electron chi connectivity index (χ0n) is 14.5. The lowest BCUT2D eigenvalue weighted by Crippen LogP contribution is -2.32. The van der Waals surface area contributed by atoms with Gasteiger partial charge in [-0.2, -0.15) is 0 Å². The lowest BCUT2D eigenvalue weighted by Gasteiger charge is -2.39. The highest BCUT2D eigenvalue weighted by molar-refractivity contribution is 6.32. The molecule has 1 N–H and O–H groups in total. The van der Waals surface area contributed by atoms with Gasteiger partial charge < -0.3 is 10.1 Å². The summed E-state index contributed by atoms with van der Waals surface area (Å²) in [5.74, 6) is 0.496. The highest BCUT2D eigenvalue weighted by atomic mass is 16.4. The van der Waals surface area contributed by atoms with Crippen LogP contribution in [0.15, 0.2) is 66.0 Å². The average molecular weight is 320 g/mol. The number of benzene rings is 2. The Balaban J connectivity index is 2.17. The van der Waals surface area contributed by atoms with E-state index in [0.29, 0.717) is 17.7 Å². The number of nitrogens with zero attached hydrogens (tertiary/aromatic N) is 2. The molecular formula is C21H24N2O. The third kappa shape index (κ3) is 2.82. The van der Waals surface area contributed by atoms with Crippen molar-refractivity contribution in [3.05, 3.63) is 77.5 Å². The molecule has 24 heavy (non-hydrogen) atoms. The highest BCUT2D eigenvalue weighted by Gasteiger charge is 2.30. The van der Waals surface area contributed by atoms with Gasteiger partial charge in [-0.05, 0) is 24.0 Å². The molecule has 0 aromatic heterocycles. The van der Waals surface area contributed by atoms with Crippen LogP contribution in [0, 0.1) is 5.92 Å². The van der Waals surface area contributed by atoms with Gasteiger partial charge in [0.25, 0.3) is 0 Å². The van der Waals surface area contributed by atoms with Gasteiger partial charge in [-0.25, -0.2) is 0 Å². The van der Waals surface area contributed by atoms with E-state index < -0.39 is 0 Å². The van der Waals surface area contributed by atoms with Crippen LogP contribution >= 0.6 is 0 Å². The molecule has 3 heteroatoms. The molecule has 2 aromatic rings. The Hall–Kier alpha value is -2.55. The van der Waals surface area contributed by atoms with E-state index in [2.05, 4.69) is 55.2 Å². The smallest absolute Gasteiger partial charge is 0.119 e. The fraction of sp³-hybridized carbons (Fsp3) is 0.286. The maximum Gasteiger partial charge on any atom is 0.119 e. The first kappa shape index (κ1) is 16.3. The van der Waals surface area contributed by atoms with Gasteiger partial charge >= 0.3 is 0 Å². The molecule has 0 spiro atoms. The maximum atomic E-state index is 9.72. The molecule has 0 radical (unpaired) electrons. The SMILES string of the molecule is CCN1C=C(/C(=N/O)c2ccccc2)c2ccccc2[C@@H]1C(C)C. The minimum atomic E-state index is 0.339. The summed E-state index contributed by atoms with van der Waals surface area (Å²) in [7, 11) is 0. The van der Waals surface area contributed by atoms with Crippen LogP contribution in [0.3, 0.4) is 0 Å². The number of fused-ring (bicyclic) bond motifs is 1. The van der Waals surface area contributed by atoms with Crippen molar-refractivity contribution in [1.82, 2.24) is 4.90 Å². The van der Waals surface area contributed by atoms with E-state index in [0.717, 1.165) is 23.2 Å². The van der Waals surface area contributed by atoms with Crippen LogP contribution in [0.1, 0.15) is 43.5 Å². The Labute approximate surface area is 143 Å². The zero-order chi connectivity index (χ0) is 17.1. The van der Waals surface area contributed by atoms with Gasteiger partial charge in [0.1, 0.15) is 5.71 Å². The first-order valence-corrected chi connectivity index (χ1v) is 8.52. The summed E-state index contributed by atoms with van der Waals surface area (Å²) in [6.07, 6.45) is 2.15. The van der Waals surface area contributed by atoms with E-state index in [1.54, 1.807) is 0 Å². The molecule has 3 nitrogen and oxygen atoms in total. The molecule has 1 aliphatic rings. The molecule has 1 aliphatic heterocycles. The van der Waals surface area contributed by atoms with Crippen LogP contribution in [0.5, 0.6) is 0 Å². The van der Waals surface area contributed by atoms with Crippen molar-refractivity contribution in [2.45, 2.75) is 26.8 Å². The van der Waals surface area contributed by atoms with Crippen LogP contribution in [0.25, 0.3) is 5.57 Å². The molecule has 0 saturated carbocycles. The van der Waals surface area contributed by atoms with Crippen molar-refractivity contribution < 1.29 is 5.21 Å². The van der Waals surface area contributed by atoms with Crippen molar-refractivity contribution in [3.63, 3.8) is 0 Å². The lowest BCUT2D eigenvalue weighted by molar-refractivity contribution is 0.229. The molecule has 0 bridgehead atoms. The van der Waals surface area contributed by atoms with Crippen LogP contribution in [0.4, 0.5) is 0 Å². The zero-order valence-corrected chi connectivity index (χ0v) is 14.5. The molecular weight excluding hydrogens is 296 g/mol. The molecule has 0 amide bonds. The van der Waals surface area contributed by atoms with Gasteiger partial charge in [0.05, 0.1) is 6.04 Å². The van der Waals surface area contributed by atoms with E-state index in [-0.39, 0.29) is 0 Å². The fourth-order valence-electron chi connectivity index (χ4n) is 3.58. The molecule has 0 fully saturated rings. The van der Waals surface area contributed by atoms with E-state index in [1.807, 2.05) is 36.4 Å². The standard InChI is InChI=1S/C21H24N2O/c1-4-23-14-19(20(22-24)16-10-6-5-7-11-16)17-12-8-9-13-18(17)21(23)15(2)3/h5-15,21,24H,4H2,1-3H3/b22-20+/t21-/m0/s1. The summed E-state index contributed by atoms with van der Waals surface area (Å²) in [5.41, 5.74) is 4.95. The highest BCUT2D eigenvalue weighted by Crippen LogP contribution is 2.39. The number of hydrogen-bond donors (Lipinski definition) is 1. The number of oxime groups is 1. The molecule has 0 aliphatic carbocycles. The quantitative estimate of drug-likeness (QED) is 0.492. The largest absolute Gasteiger partial charge is 0.410 e. The molecule has 2 aromatic carbocycles. The summed E-state index contributed by atoms with van der Waals surface area (Å²) >= 11 is 0. The van der Waals surface area contributed by atoms with Crippen molar-refractivity contribution in [2.75, 3.05) is 6.54 Å². The lowest BCUT2D eigenvalue weighted by atomic mass is 9.83. The average Bonchev–Trinajstić information content (AvgIpc) is 2.62. The molecule has 124 valence electrons. The molecule has 3 rings (SSSR count). The van der Waals surface area contributed by atoms with Gasteiger partial charge in [0.15, 0.2) is 0 Å². The number of allylic oxidation sites excluding steroid dienone is 1. The predicted molar refractivity (Wildman–Crippen MR) is 99.1 cm³/mol. The molecule has 1 atom stereocenters. The van der Waals surface area contributed by atoms with E-state index in [9.17, 15) is 5.21 Å². The Kier molecular flexibility index (Phi) is 4.70. The fourth-order valence-corrected chi connectivity index (χ4v) is 3.58. The van der Waals surface area contributed by atoms with Crippen molar-refractivity contribution >= 4 is 11.3 Å². The number of rotatable bonds is 4. The third-order valence-corrected chi connectivity index (χ3v) is 4.62. The molecule has 0 unspecified atom stereocenters. The van der Waals surface area contributed by atoms with Crippen LogP contribution in [-0.2, 0) is 0 Å². The monoisotopic (exact) mass is 320 g/mol. The second kappa shape index (κ2) is 6.91. The molecule has 1 heterocycles. The van der Waals surface area contributed by atoms with Crippen molar-refractivity contribution in [2.24, 2.45) is 11.1 Å². The second-order valence-electron chi connectivity index (χ2n) is 6.46. The first-order valence-electron chi connectivity index (χ1n) is 8.52. The van der Waals surface area contributed by atoms with Crippen molar-refractivity contribution in [3.8, 4) is 0 Å².